The summed E-state index contributed by atoms with van der Waals surface area (Å²) >= 11 is 0. The van der Waals surface area contributed by atoms with Crippen molar-refractivity contribution < 1.29 is 18.8 Å². The van der Waals surface area contributed by atoms with E-state index in [2.05, 4.69) is 45.3 Å². The third-order valence-corrected chi connectivity index (χ3v) is 5.73. The Morgan fingerprint density at radius 1 is 0.812 bits per heavy atom. The van der Waals surface area contributed by atoms with Crippen molar-refractivity contribution in [3.05, 3.63) is 65.7 Å². The number of nitrogens with zero attached hydrogens (tertiary/aromatic N) is 1. The summed E-state index contributed by atoms with van der Waals surface area (Å²) in [5.74, 6) is 0.663. The summed E-state index contributed by atoms with van der Waals surface area (Å²) < 4.78 is 11.8. The fourth-order valence-electron chi connectivity index (χ4n) is 3.80. The van der Waals surface area contributed by atoms with Crippen LogP contribution in [0.2, 0.25) is 0 Å². The van der Waals surface area contributed by atoms with Crippen molar-refractivity contribution in [1.29, 1.82) is 0 Å². The molecule has 2 aromatic carbocycles. The molecule has 0 N–H and O–H groups in total. The van der Waals surface area contributed by atoms with Gasteiger partial charge in [-0.25, -0.2) is 0 Å². The average Bonchev–Trinajstić information content (AvgIpc) is 2.79. The molecule has 0 spiro atoms. The maximum absolute atomic E-state index is 12.1. The number of carbonyl (C=O) groups excluding carboxylic acids is 1. The van der Waals surface area contributed by atoms with E-state index in [1.165, 1.54) is 49.7 Å². The normalized spacial score (nSPS) is 11.3. The SMILES string of the molecule is CCCCCCCCc1ccc(OCCOC(=O)CC[N+](C)(C)Cc2ccccc2)cc1. The van der Waals surface area contributed by atoms with Crippen LogP contribution in [-0.2, 0) is 22.5 Å². The topological polar surface area (TPSA) is 35.5 Å². The fraction of sp³-hybridized carbons (Fsp3) is 0.536. The first-order valence-electron chi connectivity index (χ1n) is 12.2. The molecule has 0 aliphatic heterocycles. The third kappa shape index (κ3) is 11.3. The zero-order valence-electron chi connectivity index (χ0n) is 20.4. The molecule has 0 fully saturated rings. The Morgan fingerprint density at radius 2 is 1.50 bits per heavy atom. The lowest BCUT2D eigenvalue weighted by molar-refractivity contribution is -0.903. The monoisotopic (exact) mass is 440 g/mol. The molecule has 2 aromatic rings. The molecule has 0 bridgehead atoms. The van der Waals surface area contributed by atoms with Gasteiger partial charge in [0, 0.05) is 5.56 Å². The fourth-order valence-corrected chi connectivity index (χ4v) is 3.80. The molecule has 176 valence electrons. The van der Waals surface area contributed by atoms with Crippen LogP contribution in [0.15, 0.2) is 54.6 Å². The molecular weight excluding hydrogens is 398 g/mol. The zero-order chi connectivity index (χ0) is 23.1. The van der Waals surface area contributed by atoms with E-state index in [9.17, 15) is 4.79 Å². The second kappa shape index (κ2) is 14.7. The van der Waals surface area contributed by atoms with E-state index in [0.29, 0.717) is 13.0 Å². The van der Waals surface area contributed by atoms with E-state index in [1.807, 2.05) is 30.3 Å². The summed E-state index contributed by atoms with van der Waals surface area (Å²) in [5.41, 5.74) is 2.63. The number of ether oxygens (including phenoxy) is 2. The van der Waals surface area contributed by atoms with Gasteiger partial charge in [0.2, 0.25) is 0 Å². The Balaban J connectivity index is 1.56. The van der Waals surface area contributed by atoms with E-state index in [0.717, 1.165) is 29.7 Å². The molecule has 0 atom stereocenters. The van der Waals surface area contributed by atoms with E-state index in [4.69, 9.17) is 9.47 Å². The van der Waals surface area contributed by atoms with Crippen LogP contribution >= 0.6 is 0 Å². The Kier molecular flexibility index (Phi) is 11.9. The minimum absolute atomic E-state index is 0.165. The molecule has 4 heteroatoms. The van der Waals surface area contributed by atoms with Crippen LogP contribution in [0.4, 0.5) is 0 Å². The number of benzene rings is 2. The van der Waals surface area contributed by atoms with Gasteiger partial charge in [0.25, 0.3) is 0 Å². The van der Waals surface area contributed by atoms with Gasteiger partial charge in [0.15, 0.2) is 0 Å². The zero-order valence-corrected chi connectivity index (χ0v) is 20.4. The molecule has 0 heterocycles. The average molecular weight is 441 g/mol. The first-order chi connectivity index (χ1) is 15.5. The van der Waals surface area contributed by atoms with Gasteiger partial charge in [-0.1, -0.05) is 81.5 Å². The number of hydrogen-bond acceptors (Lipinski definition) is 3. The van der Waals surface area contributed by atoms with E-state index in [-0.39, 0.29) is 12.6 Å². The molecule has 0 aliphatic carbocycles. The van der Waals surface area contributed by atoms with Crippen molar-refractivity contribution in [2.24, 2.45) is 0 Å². The highest BCUT2D eigenvalue weighted by Crippen LogP contribution is 2.15. The number of aryl methyl sites for hydroxylation is 1. The van der Waals surface area contributed by atoms with E-state index < -0.39 is 0 Å². The molecule has 0 radical (unpaired) electrons. The summed E-state index contributed by atoms with van der Waals surface area (Å²) in [6.07, 6.45) is 9.46. The molecule has 0 unspecified atom stereocenters. The highest BCUT2D eigenvalue weighted by atomic mass is 16.6. The van der Waals surface area contributed by atoms with Gasteiger partial charge in [0.05, 0.1) is 27.1 Å². The summed E-state index contributed by atoms with van der Waals surface area (Å²) in [5, 5.41) is 0. The maximum Gasteiger partial charge on any atom is 0.311 e. The summed E-state index contributed by atoms with van der Waals surface area (Å²) in [6, 6.07) is 18.7. The highest BCUT2D eigenvalue weighted by Gasteiger charge is 2.18. The maximum atomic E-state index is 12.1. The number of carbonyl (C=O) groups is 1. The smallest absolute Gasteiger partial charge is 0.311 e. The Hall–Kier alpha value is -2.33. The molecular formula is C28H42NO3+. The first-order valence-corrected chi connectivity index (χ1v) is 12.2. The van der Waals surface area contributed by atoms with Crippen molar-refractivity contribution in [2.75, 3.05) is 33.9 Å². The number of esters is 1. The Morgan fingerprint density at radius 3 is 2.22 bits per heavy atom. The summed E-state index contributed by atoms with van der Waals surface area (Å²) in [6.45, 7) is 4.55. The predicted octanol–water partition coefficient (Wildman–Crippen LogP) is 6.18. The van der Waals surface area contributed by atoms with Gasteiger partial charge < -0.3 is 14.0 Å². The van der Waals surface area contributed by atoms with Crippen LogP contribution in [0, 0.1) is 0 Å². The number of rotatable bonds is 16. The minimum atomic E-state index is -0.165. The molecule has 0 saturated carbocycles. The lowest BCUT2D eigenvalue weighted by Gasteiger charge is -2.29. The Labute approximate surface area is 195 Å². The largest absolute Gasteiger partial charge is 0.490 e. The third-order valence-electron chi connectivity index (χ3n) is 5.73. The van der Waals surface area contributed by atoms with Crippen LogP contribution in [0.25, 0.3) is 0 Å². The molecule has 2 rings (SSSR count). The minimum Gasteiger partial charge on any atom is -0.490 e. The molecule has 0 aliphatic rings. The quantitative estimate of drug-likeness (QED) is 0.178. The van der Waals surface area contributed by atoms with Gasteiger partial charge in [0.1, 0.15) is 25.5 Å². The molecule has 0 aromatic heterocycles. The highest BCUT2D eigenvalue weighted by molar-refractivity contribution is 5.69. The molecule has 0 saturated heterocycles. The van der Waals surface area contributed by atoms with E-state index >= 15 is 0 Å². The molecule has 32 heavy (non-hydrogen) atoms. The van der Waals surface area contributed by atoms with Crippen molar-refractivity contribution in [1.82, 2.24) is 0 Å². The van der Waals surface area contributed by atoms with Crippen LogP contribution in [-0.4, -0.2) is 44.3 Å². The van der Waals surface area contributed by atoms with Gasteiger partial charge in [-0.05, 0) is 30.5 Å². The summed E-state index contributed by atoms with van der Waals surface area (Å²) in [4.78, 5) is 12.1. The van der Waals surface area contributed by atoms with Gasteiger partial charge >= 0.3 is 5.97 Å². The number of unbranched alkanes of at least 4 members (excludes halogenated alkanes) is 5. The lowest BCUT2D eigenvalue weighted by Crippen LogP contribution is -2.40. The van der Waals surface area contributed by atoms with Crippen LogP contribution in [0.1, 0.15) is 63.0 Å². The second-order valence-corrected chi connectivity index (χ2v) is 9.28. The standard InChI is InChI=1S/C28H42NO3/c1-4-5-6-7-8-10-13-25-16-18-27(19-17-25)31-22-23-32-28(30)20-21-29(2,3)24-26-14-11-9-12-15-26/h9,11-12,14-19H,4-8,10,13,20-24H2,1-3H3/q+1. The molecule has 0 amide bonds. The molecule has 4 nitrogen and oxygen atoms in total. The van der Waals surface area contributed by atoms with Crippen molar-refractivity contribution in [3.8, 4) is 5.75 Å². The van der Waals surface area contributed by atoms with Gasteiger partial charge in [-0.15, -0.1) is 0 Å². The van der Waals surface area contributed by atoms with Gasteiger partial charge in [-0.2, -0.15) is 0 Å². The van der Waals surface area contributed by atoms with Gasteiger partial charge in [-0.3, -0.25) is 4.79 Å². The number of hydrogen-bond donors (Lipinski definition) is 0. The van der Waals surface area contributed by atoms with Crippen LogP contribution in [0.3, 0.4) is 0 Å². The first kappa shape index (κ1) is 25.9. The van der Waals surface area contributed by atoms with Crippen LogP contribution < -0.4 is 4.74 Å². The van der Waals surface area contributed by atoms with E-state index in [1.54, 1.807) is 0 Å². The Bertz CT molecular complexity index is 756. The number of quaternary nitrogens is 1. The van der Waals surface area contributed by atoms with Crippen LogP contribution in [0.5, 0.6) is 5.75 Å². The summed E-state index contributed by atoms with van der Waals surface area (Å²) in [7, 11) is 4.28. The van der Waals surface area contributed by atoms with Crippen molar-refractivity contribution >= 4 is 5.97 Å². The lowest BCUT2D eigenvalue weighted by atomic mass is 10.0. The second-order valence-electron chi connectivity index (χ2n) is 9.28. The van der Waals surface area contributed by atoms with Crippen molar-refractivity contribution in [2.45, 2.75) is 64.8 Å². The van der Waals surface area contributed by atoms with Crippen molar-refractivity contribution in [3.63, 3.8) is 0 Å². The predicted molar refractivity (Wildman–Crippen MR) is 132 cm³/mol.